The molecule has 1 aromatic carbocycles. The summed E-state index contributed by atoms with van der Waals surface area (Å²) in [5.74, 6) is 0.762. The maximum absolute atomic E-state index is 12.3. The zero-order valence-electron chi connectivity index (χ0n) is 12.9. The van der Waals surface area contributed by atoms with Crippen LogP contribution in [-0.4, -0.2) is 31.9 Å². The van der Waals surface area contributed by atoms with E-state index in [0.717, 1.165) is 0 Å². The van der Waals surface area contributed by atoms with E-state index in [0.29, 0.717) is 22.1 Å². The van der Waals surface area contributed by atoms with Crippen LogP contribution in [0, 0.1) is 6.92 Å². The number of ether oxygens (including phenoxy) is 1. The minimum atomic E-state index is -3.40. The van der Waals surface area contributed by atoms with Crippen LogP contribution in [0.15, 0.2) is 45.6 Å². The molecule has 3 rings (SSSR count). The monoisotopic (exact) mass is 369 g/mol. The summed E-state index contributed by atoms with van der Waals surface area (Å²) < 4.78 is 36.5. The fourth-order valence-electron chi connectivity index (χ4n) is 2.42. The van der Waals surface area contributed by atoms with Crippen molar-refractivity contribution in [1.29, 1.82) is 0 Å². The number of nitrogens with zero attached hydrogens (tertiary/aromatic N) is 1. The van der Waals surface area contributed by atoms with Crippen molar-refractivity contribution < 1.29 is 17.6 Å². The third-order valence-electron chi connectivity index (χ3n) is 3.64. The molecule has 0 radical (unpaired) electrons. The van der Waals surface area contributed by atoms with Gasteiger partial charge >= 0.3 is 5.63 Å². The standard InChI is InChI=1S/C16H16ClNO5S/c1-11-6-14(7-16(19)22-11)23-15-8-18(9-15)24(20,21)10-12-2-4-13(17)5-3-12/h2-7,15H,8-10H2,1H3. The largest absolute Gasteiger partial charge is 0.487 e. The minimum Gasteiger partial charge on any atom is -0.487 e. The first kappa shape index (κ1) is 17.0. The first-order valence-corrected chi connectivity index (χ1v) is 9.31. The molecule has 1 saturated heterocycles. The summed E-state index contributed by atoms with van der Waals surface area (Å²) in [6, 6.07) is 9.57. The van der Waals surface area contributed by atoms with Crippen LogP contribution in [-0.2, 0) is 15.8 Å². The normalized spacial score (nSPS) is 15.9. The average Bonchev–Trinajstić information content (AvgIpc) is 2.43. The molecular formula is C16H16ClNO5S. The van der Waals surface area contributed by atoms with Crippen molar-refractivity contribution in [3.8, 4) is 5.75 Å². The van der Waals surface area contributed by atoms with Gasteiger partial charge in [0.25, 0.3) is 0 Å². The van der Waals surface area contributed by atoms with Crippen molar-refractivity contribution in [3.63, 3.8) is 0 Å². The molecule has 0 amide bonds. The van der Waals surface area contributed by atoms with E-state index in [2.05, 4.69) is 0 Å². The smallest absolute Gasteiger partial charge is 0.339 e. The summed E-state index contributed by atoms with van der Waals surface area (Å²) in [6.07, 6.45) is -0.272. The topological polar surface area (TPSA) is 76.8 Å². The van der Waals surface area contributed by atoms with Crippen LogP contribution in [0.3, 0.4) is 0 Å². The van der Waals surface area contributed by atoms with Crippen molar-refractivity contribution in [3.05, 3.63) is 63.2 Å². The van der Waals surface area contributed by atoms with Crippen LogP contribution >= 0.6 is 11.6 Å². The molecule has 128 valence electrons. The molecule has 2 heterocycles. The fraction of sp³-hybridized carbons (Fsp3) is 0.312. The minimum absolute atomic E-state index is 0.0785. The van der Waals surface area contributed by atoms with Crippen molar-refractivity contribution in [2.45, 2.75) is 18.8 Å². The SMILES string of the molecule is Cc1cc(OC2CN(S(=O)(=O)Cc3ccc(Cl)cc3)C2)cc(=O)o1. The second kappa shape index (κ2) is 6.58. The lowest BCUT2D eigenvalue weighted by atomic mass is 10.2. The molecule has 0 saturated carbocycles. The molecule has 2 aromatic rings. The van der Waals surface area contributed by atoms with Gasteiger partial charge in [0.15, 0.2) is 0 Å². The molecule has 1 aliphatic rings. The lowest BCUT2D eigenvalue weighted by Gasteiger charge is -2.37. The van der Waals surface area contributed by atoms with E-state index in [1.54, 1.807) is 37.3 Å². The molecule has 0 aliphatic carbocycles. The number of hydrogen-bond donors (Lipinski definition) is 0. The van der Waals surface area contributed by atoms with Crippen LogP contribution in [0.4, 0.5) is 0 Å². The van der Waals surface area contributed by atoms with E-state index in [4.69, 9.17) is 20.8 Å². The van der Waals surface area contributed by atoms with Gasteiger partial charge in [-0.05, 0) is 24.6 Å². The zero-order valence-corrected chi connectivity index (χ0v) is 14.5. The lowest BCUT2D eigenvalue weighted by molar-refractivity contribution is 0.0753. The third kappa shape index (κ3) is 3.98. The van der Waals surface area contributed by atoms with Crippen molar-refractivity contribution >= 4 is 21.6 Å². The molecule has 1 fully saturated rings. The number of benzene rings is 1. The van der Waals surface area contributed by atoms with E-state index >= 15 is 0 Å². The summed E-state index contributed by atoms with van der Waals surface area (Å²) in [7, 11) is -3.40. The third-order valence-corrected chi connectivity index (χ3v) is 5.68. The predicted molar refractivity (Wildman–Crippen MR) is 89.8 cm³/mol. The first-order valence-electron chi connectivity index (χ1n) is 7.32. The Labute approximate surface area is 144 Å². The highest BCUT2D eigenvalue weighted by Gasteiger charge is 2.37. The molecule has 0 N–H and O–H groups in total. The Morgan fingerprint density at radius 2 is 1.92 bits per heavy atom. The molecule has 1 aliphatic heterocycles. The van der Waals surface area contributed by atoms with Crippen molar-refractivity contribution in [2.24, 2.45) is 0 Å². The zero-order chi connectivity index (χ0) is 17.3. The Bertz CT molecular complexity index is 885. The molecule has 8 heteroatoms. The van der Waals surface area contributed by atoms with E-state index < -0.39 is 15.6 Å². The lowest BCUT2D eigenvalue weighted by Crippen LogP contribution is -2.56. The summed E-state index contributed by atoms with van der Waals surface area (Å²) >= 11 is 5.80. The number of rotatable bonds is 5. The van der Waals surface area contributed by atoms with Crippen LogP contribution in [0.2, 0.25) is 5.02 Å². The number of sulfonamides is 1. The van der Waals surface area contributed by atoms with E-state index in [-0.39, 0.29) is 24.9 Å². The summed E-state index contributed by atoms with van der Waals surface area (Å²) in [5, 5.41) is 0.566. The Balaban J connectivity index is 1.58. The van der Waals surface area contributed by atoms with Gasteiger partial charge in [0.2, 0.25) is 10.0 Å². The van der Waals surface area contributed by atoms with Crippen LogP contribution in [0.25, 0.3) is 0 Å². The Hall–Kier alpha value is -1.83. The van der Waals surface area contributed by atoms with Gasteiger partial charge in [0, 0.05) is 11.1 Å². The van der Waals surface area contributed by atoms with Crippen molar-refractivity contribution in [2.75, 3.05) is 13.1 Å². The molecule has 1 aromatic heterocycles. The maximum atomic E-state index is 12.3. The van der Waals surface area contributed by atoms with E-state index in [1.165, 1.54) is 10.4 Å². The molecular weight excluding hydrogens is 354 g/mol. The molecule has 24 heavy (non-hydrogen) atoms. The van der Waals surface area contributed by atoms with Gasteiger partial charge in [0.05, 0.1) is 24.9 Å². The van der Waals surface area contributed by atoms with Crippen LogP contribution in [0.1, 0.15) is 11.3 Å². The van der Waals surface area contributed by atoms with Gasteiger partial charge in [-0.15, -0.1) is 0 Å². The second-order valence-electron chi connectivity index (χ2n) is 5.66. The van der Waals surface area contributed by atoms with Gasteiger partial charge in [-0.1, -0.05) is 23.7 Å². The van der Waals surface area contributed by atoms with Crippen molar-refractivity contribution in [1.82, 2.24) is 4.31 Å². The van der Waals surface area contributed by atoms with E-state index in [1.807, 2.05) is 0 Å². The van der Waals surface area contributed by atoms with Gasteiger partial charge in [-0.2, -0.15) is 4.31 Å². The molecule has 0 bridgehead atoms. The Morgan fingerprint density at radius 1 is 1.25 bits per heavy atom. The van der Waals surface area contributed by atoms with Gasteiger partial charge in [-0.3, -0.25) is 0 Å². The van der Waals surface area contributed by atoms with Gasteiger partial charge in [-0.25, -0.2) is 13.2 Å². The van der Waals surface area contributed by atoms with E-state index in [9.17, 15) is 13.2 Å². The molecule has 0 spiro atoms. The van der Waals surface area contributed by atoms with Crippen LogP contribution in [0.5, 0.6) is 5.75 Å². The maximum Gasteiger partial charge on any atom is 0.339 e. The molecule has 0 atom stereocenters. The highest BCUT2D eigenvalue weighted by Crippen LogP contribution is 2.23. The second-order valence-corrected chi connectivity index (χ2v) is 8.07. The highest BCUT2D eigenvalue weighted by atomic mass is 35.5. The number of aryl methyl sites for hydroxylation is 1. The van der Waals surface area contributed by atoms with Gasteiger partial charge in [0.1, 0.15) is 17.6 Å². The summed E-state index contributed by atoms with van der Waals surface area (Å²) in [6.45, 7) is 2.17. The average molecular weight is 370 g/mol. The fourth-order valence-corrected chi connectivity index (χ4v) is 4.13. The Kier molecular flexibility index (Phi) is 4.67. The molecule has 0 unspecified atom stereocenters. The summed E-state index contributed by atoms with van der Waals surface area (Å²) in [4.78, 5) is 11.3. The number of halogens is 1. The van der Waals surface area contributed by atoms with Gasteiger partial charge < -0.3 is 9.15 Å². The summed E-state index contributed by atoms with van der Waals surface area (Å²) in [5.41, 5.74) is 0.191. The molecule has 6 nitrogen and oxygen atoms in total. The van der Waals surface area contributed by atoms with Crippen LogP contribution < -0.4 is 10.4 Å². The predicted octanol–water partition coefficient (Wildman–Crippen LogP) is 2.19. The number of hydrogen-bond acceptors (Lipinski definition) is 5. The first-order chi connectivity index (χ1) is 11.3. The highest BCUT2D eigenvalue weighted by molar-refractivity contribution is 7.88. The quantitative estimate of drug-likeness (QED) is 0.807. The Morgan fingerprint density at radius 3 is 2.54 bits per heavy atom.